The highest BCUT2D eigenvalue weighted by Gasteiger charge is 2.36. The van der Waals surface area contributed by atoms with E-state index in [1.54, 1.807) is 0 Å². The predicted molar refractivity (Wildman–Crippen MR) is 67.1 cm³/mol. The molecule has 2 rings (SSSR count). The van der Waals surface area contributed by atoms with E-state index in [9.17, 15) is 9.59 Å². The second-order valence-corrected chi connectivity index (χ2v) is 4.64. The molecule has 0 bridgehead atoms. The summed E-state index contributed by atoms with van der Waals surface area (Å²) in [6, 6.07) is 7.56. The van der Waals surface area contributed by atoms with Crippen LogP contribution in [0.3, 0.4) is 0 Å². The molecule has 4 heteroatoms. The van der Waals surface area contributed by atoms with Crippen LogP contribution in [0.15, 0.2) is 24.3 Å². The van der Waals surface area contributed by atoms with Crippen molar-refractivity contribution < 1.29 is 14.7 Å². The molecule has 0 amide bonds. The lowest BCUT2D eigenvalue weighted by Gasteiger charge is -2.28. The van der Waals surface area contributed by atoms with Gasteiger partial charge in [-0.15, -0.1) is 0 Å². The van der Waals surface area contributed by atoms with Crippen molar-refractivity contribution in [2.75, 3.05) is 0 Å². The number of carboxylic acids is 1. The van der Waals surface area contributed by atoms with Gasteiger partial charge < -0.3 is 5.11 Å². The molecule has 0 aromatic heterocycles. The van der Waals surface area contributed by atoms with E-state index in [-0.39, 0.29) is 6.04 Å². The van der Waals surface area contributed by atoms with Gasteiger partial charge in [0.1, 0.15) is 0 Å². The first-order valence-corrected chi connectivity index (χ1v) is 6.17. The molecule has 1 aliphatic rings. The molecule has 0 spiro atoms. The monoisotopic (exact) mass is 247 g/mol. The zero-order valence-corrected chi connectivity index (χ0v) is 10.6. The molecule has 1 aliphatic heterocycles. The Morgan fingerprint density at radius 1 is 1.44 bits per heavy atom. The van der Waals surface area contributed by atoms with Gasteiger partial charge in [0.15, 0.2) is 0 Å². The minimum Gasteiger partial charge on any atom is -0.475 e. The van der Waals surface area contributed by atoms with Crippen molar-refractivity contribution in [1.29, 1.82) is 0 Å². The van der Waals surface area contributed by atoms with Crippen molar-refractivity contribution in [2.45, 2.75) is 38.9 Å². The van der Waals surface area contributed by atoms with E-state index in [0.29, 0.717) is 13.0 Å². The van der Waals surface area contributed by atoms with Gasteiger partial charge in [0.25, 0.3) is 5.78 Å². The van der Waals surface area contributed by atoms with E-state index in [1.807, 2.05) is 43.0 Å². The van der Waals surface area contributed by atoms with E-state index in [2.05, 4.69) is 0 Å². The van der Waals surface area contributed by atoms with E-state index >= 15 is 0 Å². The lowest BCUT2D eigenvalue weighted by atomic mass is 10.0. The van der Waals surface area contributed by atoms with Crippen molar-refractivity contribution >= 4 is 11.8 Å². The van der Waals surface area contributed by atoms with Crippen LogP contribution in [0.1, 0.15) is 37.4 Å². The van der Waals surface area contributed by atoms with Gasteiger partial charge in [0.05, 0.1) is 6.04 Å². The molecule has 1 aromatic rings. The van der Waals surface area contributed by atoms with Gasteiger partial charge in [-0.05, 0) is 24.5 Å². The summed E-state index contributed by atoms with van der Waals surface area (Å²) >= 11 is 0. The van der Waals surface area contributed by atoms with Gasteiger partial charge in [-0.3, -0.25) is 9.69 Å². The summed E-state index contributed by atoms with van der Waals surface area (Å²) in [4.78, 5) is 24.5. The number of fused-ring (bicyclic) bond motifs is 1. The molecule has 2 atom stereocenters. The second kappa shape index (κ2) is 4.90. The standard InChI is InChI=1S/C14H17NO3/c1-3-12(13(16)14(17)18)15-8-10-6-4-5-7-11(10)9(15)2/h4-7,9,12H,3,8H2,1-2H3,(H,17,18). The van der Waals surface area contributed by atoms with Crippen molar-refractivity contribution in [3.05, 3.63) is 35.4 Å². The van der Waals surface area contributed by atoms with E-state index in [0.717, 1.165) is 0 Å². The minimum absolute atomic E-state index is 0.0921. The highest BCUT2D eigenvalue weighted by atomic mass is 16.4. The van der Waals surface area contributed by atoms with Crippen molar-refractivity contribution in [2.24, 2.45) is 0 Å². The molecule has 96 valence electrons. The molecule has 0 aliphatic carbocycles. The largest absolute Gasteiger partial charge is 0.475 e. The zero-order valence-electron chi connectivity index (χ0n) is 10.6. The van der Waals surface area contributed by atoms with E-state index in [4.69, 9.17) is 5.11 Å². The average molecular weight is 247 g/mol. The number of aliphatic carboxylic acids is 1. The maximum absolute atomic E-state index is 11.7. The number of rotatable bonds is 4. The second-order valence-electron chi connectivity index (χ2n) is 4.64. The third-order valence-electron chi connectivity index (χ3n) is 3.66. The van der Waals surface area contributed by atoms with Gasteiger partial charge in [0.2, 0.25) is 0 Å². The van der Waals surface area contributed by atoms with E-state index in [1.165, 1.54) is 11.1 Å². The molecule has 1 N–H and O–H groups in total. The third-order valence-corrected chi connectivity index (χ3v) is 3.66. The van der Waals surface area contributed by atoms with Crippen molar-refractivity contribution in [1.82, 2.24) is 4.90 Å². The summed E-state index contributed by atoms with van der Waals surface area (Å²) in [5.74, 6) is -2.05. The summed E-state index contributed by atoms with van der Waals surface area (Å²) in [6.45, 7) is 4.51. The van der Waals surface area contributed by atoms with Gasteiger partial charge in [-0.1, -0.05) is 31.2 Å². The number of carboxylic acid groups (broad SMARTS) is 1. The predicted octanol–water partition coefficient (Wildman–Crippen LogP) is 2.00. The zero-order chi connectivity index (χ0) is 13.3. The van der Waals surface area contributed by atoms with Crippen LogP contribution in [-0.4, -0.2) is 27.8 Å². The van der Waals surface area contributed by atoms with Crippen LogP contribution in [0.2, 0.25) is 0 Å². The molecule has 4 nitrogen and oxygen atoms in total. The first-order chi connectivity index (χ1) is 8.56. The Balaban J connectivity index is 2.26. The Kier molecular flexibility index (Phi) is 3.48. The normalized spacial score (nSPS) is 20.4. The Labute approximate surface area is 106 Å². The average Bonchev–Trinajstić information content (AvgIpc) is 2.68. The fourth-order valence-corrected chi connectivity index (χ4v) is 2.69. The highest BCUT2D eigenvalue weighted by molar-refractivity contribution is 6.34. The molecule has 18 heavy (non-hydrogen) atoms. The fourth-order valence-electron chi connectivity index (χ4n) is 2.69. The maximum Gasteiger partial charge on any atom is 0.373 e. The number of benzene rings is 1. The van der Waals surface area contributed by atoms with E-state index < -0.39 is 17.8 Å². The lowest BCUT2D eigenvalue weighted by molar-refractivity contribution is -0.152. The van der Waals surface area contributed by atoms with Gasteiger partial charge in [0, 0.05) is 12.6 Å². The van der Waals surface area contributed by atoms with Crippen LogP contribution in [0.25, 0.3) is 0 Å². The first kappa shape index (κ1) is 12.8. The minimum atomic E-state index is -1.34. The molecule has 0 saturated carbocycles. The number of nitrogens with zero attached hydrogens (tertiary/aromatic N) is 1. The number of Topliss-reactive ketones (excluding diaryl/α,β-unsaturated/α-hetero) is 1. The van der Waals surface area contributed by atoms with Crippen LogP contribution in [0, 0.1) is 0 Å². The maximum atomic E-state index is 11.7. The number of hydrogen-bond acceptors (Lipinski definition) is 3. The van der Waals surface area contributed by atoms with Crippen LogP contribution >= 0.6 is 0 Å². The van der Waals surface area contributed by atoms with Gasteiger partial charge >= 0.3 is 5.97 Å². The number of carbonyl (C=O) groups is 2. The van der Waals surface area contributed by atoms with Crippen molar-refractivity contribution in [3.8, 4) is 0 Å². The van der Waals surface area contributed by atoms with Gasteiger partial charge in [-0.2, -0.15) is 0 Å². The molecule has 0 radical (unpaired) electrons. The quantitative estimate of drug-likeness (QED) is 0.827. The van der Waals surface area contributed by atoms with Crippen LogP contribution in [-0.2, 0) is 16.1 Å². The highest BCUT2D eigenvalue weighted by Crippen LogP contribution is 2.35. The smallest absolute Gasteiger partial charge is 0.373 e. The molecule has 1 aromatic carbocycles. The SMILES string of the molecule is CCC(C(=O)C(=O)O)N1Cc2ccccc2C1C. The van der Waals surface area contributed by atoms with Crippen LogP contribution < -0.4 is 0 Å². The Bertz CT molecular complexity index is 484. The number of hydrogen-bond donors (Lipinski definition) is 1. The molecular formula is C14H17NO3. The molecular weight excluding hydrogens is 230 g/mol. The lowest BCUT2D eigenvalue weighted by Crippen LogP contribution is -2.42. The topological polar surface area (TPSA) is 57.6 Å². The molecule has 2 unspecified atom stereocenters. The molecule has 0 saturated heterocycles. The number of carbonyl (C=O) groups excluding carboxylic acids is 1. The Morgan fingerprint density at radius 3 is 2.67 bits per heavy atom. The van der Waals surface area contributed by atoms with Crippen LogP contribution in [0.5, 0.6) is 0 Å². The summed E-state index contributed by atoms with van der Waals surface area (Å²) < 4.78 is 0. The molecule has 0 fully saturated rings. The first-order valence-electron chi connectivity index (χ1n) is 6.17. The summed E-state index contributed by atoms with van der Waals surface area (Å²) in [5, 5.41) is 8.87. The van der Waals surface area contributed by atoms with Gasteiger partial charge in [-0.25, -0.2) is 4.79 Å². The summed E-state index contributed by atoms with van der Waals surface area (Å²) in [7, 11) is 0. The van der Waals surface area contributed by atoms with Crippen molar-refractivity contribution in [3.63, 3.8) is 0 Å². The Morgan fingerprint density at radius 2 is 2.11 bits per heavy atom. The Hall–Kier alpha value is -1.68. The summed E-state index contributed by atoms with van der Waals surface area (Å²) in [5.41, 5.74) is 2.37. The number of ketones is 1. The molecule has 1 heterocycles. The third kappa shape index (κ3) is 2.04. The fraction of sp³-hybridized carbons (Fsp3) is 0.429. The summed E-state index contributed by atoms with van der Waals surface area (Å²) in [6.07, 6.45) is 0.517. The van der Waals surface area contributed by atoms with Crippen LogP contribution in [0.4, 0.5) is 0 Å².